The quantitative estimate of drug-likeness (QED) is 0.786. The van der Waals surface area contributed by atoms with Crippen LogP contribution in [0.1, 0.15) is 21.5 Å². The minimum absolute atomic E-state index is 0.261. The molecular formula is C20H17FN4O. The number of hydrogen-bond donors (Lipinski definition) is 1. The van der Waals surface area contributed by atoms with E-state index in [0.29, 0.717) is 18.1 Å². The lowest BCUT2D eigenvalue weighted by atomic mass is 10.2. The fraction of sp³-hybridized carbons (Fsp3) is 0.150. The Balaban J connectivity index is 1.43. The number of benzene rings is 2. The minimum Gasteiger partial charge on any atom is -0.348 e. The van der Waals surface area contributed by atoms with Gasteiger partial charge in [-0.2, -0.15) is 0 Å². The van der Waals surface area contributed by atoms with Crippen LogP contribution >= 0.6 is 0 Å². The van der Waals surface area contributed by atoms with Crippen molar-refractivity contribution in [1.82, 2.24) is 15.3 Å². The SMILES string of the molecule is O=C(NCc1ccc(F)cc1)c1cnc(N2CCc3ccccc32)nc1. The second-order valence-corrected chi connectivity index (χ2v) is 6.11. The third-order valence-electron chi connectivity index (χ3n) is 4.40. The van der Waals surface area contributed by atoms with Crippen LogP contribution in [0.15, 0.2) is 60.9 Å². The molecule has 0 fully saturated rings. The molecule has 0 saturated carbocycles. The van der Waals surface area contributed by atoms with E-state index in [-0.39, 0.29) is 11.7 Å². The summed E-state index contributed by atoms with van der Waals surface area (Å²) in [6.07, 6.45) is 4.02. The number of carbonyl (C=O) groups is 1. The van der Waals surface area contributed by atoms with Gasteiger partial charge >= 0.3 is 0 Å². The van der Waals surface area contributed by atoms with Gasteiger partial charge in [0.05, 0.1) is 5.56 Å². The molecule has 0 atom stereocenters. The minimum atomic E-state index is -0.299. The predicted molar refractivity (Wildman–Crippen MR) is 96.8 cm³/mol. The molecule has 1 amide bonds. The first kappa shape index (κ1) is 16.2. The van der Waals surface area contributed by atoms with Gasteiger partial charge in [0.25, 0.3) is 5.91 Å². The van der Waals surface area contributed by atoms with Gasteiger partial charge in [0.2, 0.25) is 5.95 Å². The van der Waals surface area contributed by atoms with Gasteiger partial charge < -0.3 is 10.2 Å². The van der Waals surface area contributed by atoms with Crippen molar-refractivity contribution in [3.63, 3.8) is 0 Å². The molecule has 1 aliphatic heterocycles. The first-order valence-electron chi connectivity index (χ1n) is 8.41. The molecule has 4 rings (SSSR count). The van der Waals surface area contributed by atoms with Crippen LogP contribution in [-0.4, -0.2) is 22.4 Å². The number of anilines is 2. The summed E-state index contributed by atoms with van der Waals surface area (Å²) in [5, 5.41) is 2.78. The maximum absolute atomic E-state index is 12.9. The van der Waals surface area contributed by atoms with Crippen LogP contribution < -0.4 is 10.2 Å². The first-order valence-corrected chi connectivity index (χ1v) is 8.41. The lowest BCUT2D eigenvalue weighted by Crippen LogP contribution is -2.24. The number of carbonyl (C=O) groups excluding carboxylic acids is 1. The number of amides is 1. The number of halogens is 1. The number of fused-ring (bicyclic) bond motifs is 1. The van der Waals surface area contributed by atoms with Crippen LogP contribution in [0.25, 0.3) is 0 Å². The van der Waals surface area contributed by atoms with Crippen LogP contribution in [0.5, 0.6) is 0 Å². The maximum atomic E-state index is 12.9. The molecule has 5 nitrogen and oxygen atoms in total. The summed E-state index contributed by atoms with van der Waals surface area (Å²) in [5.41, 5.74) is 3.60. The summed E-state index contributed by atoms with van der Waals surface area (Å²) in [4.78, 5) is 23.0. The third kappa shape index (κ3) is 3.26. The summed E-state index contributed by atoms with van der Waals surface area (Å²) in [7, 11) is 0. The van der Waals surface area contributed by atoms with Crippen molar-refractivity contribution >= 4 is 17.5 Å². The van der Waals surface area contributed by atoms with Crippen molar-refractivity contribution in [3.8, 4) is 0 Å². The van der Waals surface area contributed by atoms with Gasteiger partial charge in [0, 0.05) is 31.2 Å². The Morgan fingerprint density at radius 1 is 1.08 bits per heavy atom. The first-order chi connectivity index (χ1) is 12.7. The second-order valence-electron chi connectivity index (χ2n) is 6.11. The molecule has 2 aromatic carbocycles. The Kier molecular flexibility index (Phi) is 4.31. The summed E-state index contributed by atoms with van der Waals surface area (Å²) in [6.45, 7) is 1.15. The van der Waals surface area contributed by atoms with Crippen molar-refractivity contribution < 1.29 is 9.18 Å². The van der Waals surface area contributed by atoms with Crippen molar-refractivity contribution in [2.45, 2.75) is 13.0 Å². The standard InChI is InChI=1S/C20H17FN4O/c21-17-7-5-14(6-8-17)11-22-19(26)16-12-23-20(24-13-16)25-10-9-15-3-1-2-4-18(15)25/h1-8,12-13H,9-11H2,(H,22,26). The molecule has 1 aromatic heterocycles. The highest BCUT2D eigenvalue weighted by Crippen LogP contribution is 2.31. The van der Waals surface area contributed by atoms with Crippen LogP contribution in [0.3, 0.4) is 0 Å². The van der Waals surface area contributed by atoms with Gasteiger partial charge in [-0.1, -0.05) is 30.3 Å². The van der Waals surface area contributed by atoms with Gasteiger partial charge in [0.1, 0.15) is 5.82 Å². The van der Waals surface area contributed by atoms with Gasteiger partial charge in [-0.3, -0.25) is 4.79 Å². The van der Waals surface area contributed by atoms with Crippen molar-refractivity contribution in [2.75, 3.05) is 11.4 Å². The van der Waals surface area contributed by atoms with Gasteiger partial charge in [-0.05, 0) is 35.7 Å². The molecule has 3 aromatic rings. The van der Waals surface area contributed by atoms with Crippen molar-refractivity contribution in [1.29, 1.82) is 0 Å². The maximum Gasteiger partial charge on any atom is 0.254 e. The van der Waals surface area contributed by atoms with E-state index in [4.69, 9.17) is 0 Å². The fourth-order valence-corrected chi connectivity index (χ4v) is 3.01. The molecule has 0 spiro atoms. The largest absolute Gasteiger partial charge is 0.348 e. The Bertz CT molecular complexity index is 925. The molecule has 0 aliphatic carbocycles. The highest BCUT2D eigenvalue weighted by atomic mass is 19.1. The third-order valence-corrected chi connectivity index (χ3v) is 4.40. The van der Waals surface area contributed by atoms with Crippen LogP contribution in [0, 0.1) is 5.82 Å². The zero-order chi connectivity index (χ0) is 17.9. The average molecular weight is 348 g/mol. The molecule has 26 heavy (non-hydrogen) atoms. The lowest BCUT2D eigenvalue weighted by Gasteiger charge is -2.16. The number of para-hydroxylation sites is 1. The average Bonchev–Trinajstić information content (AvgIpc) is 3.11. The van der Waals surface area contributed by atoms with Crippen molar-refractivity contribution in [2.24, 2.45) is 0 Å². The normalized spacial score (nSPS) is 12.7. The van der Waals surface area contributed by atoms with E-state index in [1.807, 2.05) is 12.1 Å². The van der Waals surface area contributed by atoms with E-state index >= 15 is 0 Å². The number of nitrogens with one attached hydrogen (secondary N) is 1. The van der Waals surface area contributed by atoms with Crippen LogP contribution in [0.4, 0.5) is 16.0 Å². The van der Waals surface area contributed by atoms with E-state index in [1.54, 1.807) is 12.1 Å². The Morgan fingerprint density at radius 2 is 1.81 bits per heavy atom. The van der Waals surface area contributed by atoms with Crippen LogP contribution in [-0.2, 0) is 13.0 Å². The highest BCUT2D eigenvalue weighted by Gasteiger charge is 2.21. The molecule has 0 saturated heterocycles. The van der Waals surface area contributed by atoms with E-state index in [9.17, 15) is 9.18 Å². The molecule has 1 aliphatic rings. The predicted octanol–water partition coefficient (Wildman–Crippen LogP) is 3.24. The van der Waals surface area contributed by atoms with Crippen molar-refractivity contribution in [3.05, 3.63) is 83.4 Å². The zero-order valence-electron chi connectivity index (χ0n) is 14.0. The zero-order valence-corrected chi connectivity index (χ0v) is 14.0. The lowest BCUT2D eigenvalue weighted by molar-refractivity contribution is 0.0950. The van der Waals surface area contributed by atoms with E-state index in [0.717, 1.165) is 24.2 Å². The number of rotatable bonds is 4. The number of hydrogen-bond acceptors (Lipinski definition) is 4. The molecule has 0 radical (unpaired) electrons. The van der Waals surface area contributed by atoms with E-state index in [1.165, 1.54) is 30.1 Å². The summed E-state index contributed by atoms with van der Waals surface area (Å²) < 4.78 is 12.9. The Morgan fingerprint density at radius 3 is 2.58 bits per heavy atom. The molecule has 6 heteroatoms. The van der Waals surface area contributed by atoms with Crippen LogP contribution in [0.2, 0.25) is 0 Å². The Hall–Kier alpha value is -3.28. The second kappa shape index (κ2) is 6.92. The van der Waals surface area contributed by atoms with Gasteiger partial charge in [0.15, 0.2) is 0 Å². The molecule has 0 unspecified atom stereocenters. The summed E-state index contributed by atoms with van der Waals surface area (Å²) >= 11 is 0. The summed E-state index contributed by atoms with van der Waals surface area (Å²) in [6, 6.07) is 14.2. The summed E-state index contributed by atoms with van der Waals surface area (Å²) in [5.74, 6) is 0.0280. The van der Waals surface area contributed by atoms with Gasteiger partial charge in [-0.25, -0.2) is 14.4 Å². The monoisotopic (exact) mass is 348 g/mol. The molecule has 0 bridgehead atoms. The van der Waals surface area contributed by atoms with E-state index in [2.05, 4.69) is 32.3 Å². The number of aromatic nitrogens is 2. The topological polar surface area (TPSA) is 58.1 Å². The smallest absolute Gasteiger partial charge is 0.254 e. The highest BCUT2D eigenvalue weighted by molar-refractivity contribution is 5.93. The molecule has 2 heterocycles. The molecule has 130 valence electrons. The van der Waals surface area contributed by atoms with Gasteiger partial charge in [-0.15, -0.1) is 0 Å². The molecule has 1 N–H and O–H groups in total. The Labute approximate surface area is 150 Å². The fourth-order valence-electron chi connectivity index (χ4n) is 3.01. The number of nitrogens with zero attached hydrogens (tertiary/aromatic N) is 3. The van der Waals surface area contributed by atoms with E-state index < -0.39 is 0 Å². The molecular weight excluding hydrogens is 331 g/mol.